The van der Waals surface area contributed by atoms with Gasteiger partial charge in [-0.25, -0.2) is 4.79 Å². The van der Waals surface area contributed by atoms with Gasteiger partial charge in [0.1, 0.15) is 0 Å². The summed E-state index contributed by atoms with van der Waals surface area (Å²) in [6.07, 6.45) is 0. The van der Waals surface area contributed by atoms with Crippen LogP contribution in [0.15, 0.2) is 30.3 Å². The largest absolute Gasteiger partial charge is 0.455 e. The number of carbonyl (C=O) groups is 3. The molecule has 0 saturated carbocycles. The van der Waals surface area contributed by atoms with E-state index in [1.54, 1.807) is 18.2 Å². The van der Waals surface area contributed by atoms with E-state index in [2.05, 4.69) is 4.74 Å². The van der Waals surface area contributed by atoms with Crippen LogP contribution in [0.3, 0.4) is 0 Å². The van der Waals surface area contributed by atoms with Crippen molar-refractivity contribution in [1.82, 2.24) is 0 Å². The zero-order valence-corrected chi connectivity index (χ0v) is 8.17. The Bertz CT molecular complexity index is 447. The van der Waals surface area contributed by atoms with Crippen LogP contribution < -0.4 is 0 Å². The zero-order valence-electron chi connectivity index (χ0n) is 8.17. The SMILES string of the molecule is O=C1COC(=O)C1(O)C(=O)c1ccccc1. The fourth-order valence-electron chi connectivity index (χ4n) is 1.47. The van der Waals surface area contributed by atoms with Gasteiger partial charge in [-0.05, 0) is 0 Å². The van der Waals surface area contributed by atoms with Gasteiger partial charge in [0, 0.05) is 5.56 Å². The number of rotatable bonds is 2. The third kappa shape index (κ3) is 1.33. The van der Waals surface area contributed by atoms with Gasteiger partial charge in [0.2, 0.25) is 11.6 Å². The summed E-state index contributed by atoms with van der Waals surface area (Å²) >= 11 is 0. The molecular weight excluding hydrogens is 212 g/mol. The Balaban J connectivity index is 2.42. The van der Waals surface area contributed by atoms with Crippen molar-refractivity contribution in [3.05, 3.63) is 35.9 Å². The normalized spacial score (nSPS) is 24.3. The highest BCUT2D eigenvalue weighted by molar-refractivity contribution is 6.33. The first-order chi connectivity index (χ1) is 7.56. The van der Waals surface area contributed by atoms with Crippen molar-refractivity contribution in [1.29, 1.82) is 0 Å². The summed E-state index contributed by atoms with van der Waals surface area (Å²) in [4.78, 5) is 34.3. The molecule has 1 aliphatic heterocycles. The number of carbonyl (C=O) groups excluding carboxylic acids is 3. The average Bonchev–Trinajstić information content (AvgIpc) is 2.58. The van der Waals surface area contributed by atoms with Gasteiger partial charge < -0.3 is 9.84 Å². The lowest BCUT2D eigenvalue weighted by Gasteiger charge is -2.13. The molecule has 16 heavy (non-hydrogen) atoms. The molecule has 1 saturated heterocycles. The van der Waals surface area contributed by atoms with Crippen LogP contribution in [0.1, 0.15) is 10.4 Å². The maximum Gasteiger partial charge on any atom is 0.355 e. The molecule has 0 radical (unpaired) electrons. The highest BCUT2D eigenvalue weighted by Crippen LogP contribution is 2.21. The van der Waals surface area contributed by atoms with E-state index in [-0.39, 0.29) is 5.56 Å². The Morgan fingerprint density at radius 1 is 1.25 bits per heavy atom. The van der Waals surface area contributed by atoms with Crippen molar-refractivity contribution in [3.8, 4) is 0 Å². The van der Waals surface area contributed by atoms with Gasteiger partial charge in [-0.3, -0.25) is 9.59 Å². The quantitative estimate of drug-likeness (QED) is 0.421. The van der Waals surface area contributed by atoms with Crippen molar-refractivity contribution in [2.24, 2.45) is 0 Å². The molecule has 1 aliphatic rings. The predicted octanol–water partition coefficient (Wildman–Crippen LogP) is -0.274. The Morgan fingerprint density at radius 3 is 2.38 bits per heavy atom. The second-order valence-corrected chi connectivity index (χ2v) is 3.40. The number of ketones is 2. The van der Waals surface area contributed by atoms with Crippen molar-refractivity contribution < 1.29 is 24.2 Å². The minimum absolute atomic E-state index is 0.0946. The molecule has 5 nitrogen and oxygen atoms in total. The first-order valence-electron chi connectivity index (χ1n) is 4.59. The van der Waals surface area contributed by atoms with Crippen LogP contribution in [-0.4, -0.2) is 34.9 Å². The summed E-state index contributed by atoms with van der Waals surface area (Å²) in [6, 6.07) is 7.65. The van der Waals surface area contributed by atoms with Crippen molar-refractivity contribution in [3.63, 3.8) is 0 Å². The lowest BCUT2D eigenvalue weighted by atomic mass is 9.91. The molecule has 1 aromatic rings. The van der Waals surface area contributed by atoms with Crippen LogP contribution in [0.25, 0.3) is 0 Å². The van der Waals surface area contributed by atoms with E-state index < -0.39 is 29.7 Å². The molecule has 1 atom stereocenters. The number of cyclic esters (lactones) is 1. The molecule has 1 aromatic carbocycles. The fourth-order valence-corrected chi connectivity index (χ4v) is 1.47. The second kappa shape index (κ2) is 3.53. The smallest absolute Gasteiger partial charge is 0.355 e. The molecule has 0 aliphatic carbocycles. The molecule has 1 fully saturated rings. The molecule has 1 N–H and O–H groups in total. The van der Waals surface area contributed by atoms with E-state index in [1.165, 1.54) is 12.1 Å². The first kappa shape index (κ1) is 10.5. The van der Waals surface area contributed by atoms with Crippen molar-refractivity contribution in [2.45, 2.75) is 5.60 Å². The Labute approximate surface area is 90.6 Å². The molecule has 1 heterocycles. The second-order valence-electron chi connectivity index (χ2n) is 3.40. The van der Waals surface area contributed by atoms with E-state index in [4.69, 9.17) is 0 Å². The number of aliphatic hydroxyl groups is 1. The monoisotopic (exact) mass is 220 g/mol. The molecule has 2 rings (SSSR count). The summed E-state index contributed by atoms with van der Waals surface area (Å²) in [5.74, 6) is -3.07. The first-order valence-corrected chi connectivity index (χ1v) is 4.59. The lowest BCUT2D eigenvalue weighted by molar-refractivity contribution is -0.150. The molecule has 0 aromatic heterocycles. The molecule has 82 valence electrons. The van der Waals surface area contributed by atoms with Crippen LogP contribution in [0.2, 0.25) is 0 Å². The Hall–Kier alpha value is -2.01. The highest BCUT2D eigenvalue weighted by Gasteiger charge is 2.57. The van der Waals surface area contributed by atoms with Gasteiger partial charge in [-0.2, -0.15) is 0 Å². The fraction of sp³-hybridized carbons (Fsp3) is 0.182. The zero-order chi connectivity index (χ0) is 11.8. The van der Waals surface area contributed by atoms with Gasteiger partial charge in [-0.15, -0.1) is 0 Å². The Kier molecular flexibility index (Phi) is 2.32. The molecular formula is C11H8O5. The number of hydrogen-bond donors (Lipinski definition) is 1. The van der Waals surface area contributed by atoms with Crippen molar-refractivity contribution in [2.75, 3.05) is 6.61 Å². The average molecular weight is 220 g/mol. The van der Waals surface area contributed by atoms with Crippen LogP contribution in [0.4, 0.5) is 0 Å². The third-order valence-electron chi connectivity index (χ3n) is 2.40. The number of benzene rings is 1. The molecule has 5 heteroatoms. The third-order valence-corrected chi connectivity index (χ3v) is 2.40. The van der Waals surface area contributed by atoms with E-state index in [1.807, 2.05) is 0 Å². The summed E-state index contributed by atoms with van der Waals surface area (Å²) in [6.45, 7) is -0.562. The maximum absolute atomic E-state index is 11.8. The molecule has 0 spiro atoms. The van der Waals surface area contributed by atoms with Crippen LogP contribution >= 0.6 is 0 Å². The van der Waals surface area contributed by atoms with E-state index >= 15 is 0 Å². The van der Waals surface area contributed by atoms with Crippen LogP contribution in [-0.2, 0) is 14.3 Å². The minimum Gasteiger partial charge on any atom is -0.455 e. The molecule has 0 amide bonds. The molecule has 0 bridgehead atoms. The number of esters is 1. The molecule has 1 unspecified atom stereocenters. The van der Waals surface area contributed by atoms with Crippen molar-refractivity contribution >= 4 is 17.5 Å². The summed E-state index contributed by atoms with van der Waals surface area (Å²) < 4.78 is 4.36. The van der Waals surface area contributed by atoms with E-state index in [9.17, 15) is 19.5 Å². The van der Waals surface area contributed by atoms with E-state index in [0.717, 1.165) is 0 Å². The highest BCUT2D eigenvalue weighted by atomic mass is 16.6. The maximum atomic E-state index is 11.8. The van der Waals surface area contributed by atoms with Gasteiger partial charge in [-0.1, -0.05) is 30.3 Å². The van der Waals surface area contributed by atoms with Gasteiger partial charge in [0.15, 0.2) is 6.61 Å². The number of Topliss-reactive ketones (excluding diaryl/α,β-unsaturated/α-hetero) is 2. The Morgan fingerprint density at radius 2 is 1.88 bits per heavy atom. The topological polar surface area (TPSA) is 80.7 Å². The van der Waals surface area contributed by atoms with Crippen LogP contribution in [0.5, 0.6) is 0 Å². The van der Waals surface area contributed by atoms with Crippen LogP contribution in [0, 0.1) is 0 Å². The summed E-state index contributed by atoms with van der Waals surface area (Å²) in [7, 11) is 0. The lowest BCUT2D eigenvalue weighted by Crippen LogP contribution is -2.49. The van der Waals surface area contributed by atoms with E-state index in [0.29, 0.717) is 0 Å². The van der Waals surface area contributed by atoms with Gasteiger partial charge >= 0.3 is 5.97 Å². The predicted molar refractivity (Wildman–Crippen MR) is 51.7 cm³/mol. The minimum atomic E-state index is -2.67. The van der Waals surface area contributed by atoms with Gasteiger partial charge in [0.25, 0.3) is 5.60 Å². The standard InChI is InChI=1S/C11H8O5/c12-8-6-16-10(14)11(8,15)9(13)7-4-2-1-3-5-7/h1-5,15H,6H2. The summed E-state index contributed by atoms with van der Waals surface area (Å²) in [5.41, 5.74) is -2.57. The number of hydrogen-bond acceptors (Lipinski definition) is 5. The summed E-state index contributed by atoms with van der Waals surface area (Å²) in [5, 5.41) is 9.78. The number of ether oxygens (including phenoxy) is 1. The van der Waals surface area contributed by atoms with Gasteiger partial charge in [0.05, 0.1) is 0 Å².